The number of aromatic amines is 1. The van der Waals surface area contributed by atoms with Gasteiger partial charge in [0, 0.05) is 68.3 Å². The molecule has 1 saturated heterocycles. The van der Waals surface area contributed by atoms with E-state index in [0.29, 0.717) is 24.1 Å². The highest BCUT2D eigenvalue weighted by Crippen LogP contribution is 2.34. The van der Waals surface area contributed by atoms with Crippen molar-refractivity contribution in [2.24, 2.45) is 7.05 Å². The summed E-state index contributed by atoms with van der Waals surface area (Å²) >= 11 is 0. The Balaban J connectivity index is 1.41. The number of pyridine rings is 2. The van der Waals surface area contributed by atoms with Crippen molar-refractivity contribution >= 4 is 34.3 Å². The molecule has 2 amide bonds. The molecule has 1 atom stereocenters. The lowest BCUT2D eigenvalue weighted by Gasteiger charge is -2.34. The normalized spacial score (nSPS) is 18.7. The standard InChI is InChI=1S/C20H24N8O2/c1-12-10-27(8-6-21-12)16-3-5-22-18-14(16)4-7-28(18)20(30)23-15-9-13-11-26(2)25-17(13)24-19(15)29/h3,5,9,11-12,21H,4,6-8,10H2,1-2H3,(H,23,30)(H,24,25,29)/t12-/m1/s1. The van der Waals surface area contributed by atoms with Gasteiger partial charge in [-0.25, -0.2) is 9.78 Å². The molecule has 2 aliphatic rings. The summed E-state index contributed by atoms with van der Waals surface area (Å²) in [7, 11) is 1.78. The molecule has 5 heterocycles. The smallest absolute Gasteiger partial charge is 0.327 e. The molecule has 3 aromatic rings. The van der Waals surface area contributed by atoms with Gasteiger partial charge in [-0.05, 0) is 25.5 Å². The minimum atomic E-state index is -0.384. The topological polar surface area (TPSA) is 111 Å². The maximum absolute atomic E-state index is 13.0. The minimum absolute atomic E-state index is 0.195. The Hall–Kier alpha value is -3.40. The molecular weight excluding hydrogens is 384 g/mol. The highest BCUT2D eigenvalue weighted by Gasteiger charge is 2.30. The Labute approximate surface area is 172 Å². The fourth-order valence-electron chi connectivity index (χ4n) is 4.30. The molecule has 0 radical (unpaired) electrons. The van der Waals surface area contributed by atoms with Gasteiger partial charge in [0.05, 0.1) is 0 Å². The molecule has 0 saturated carbocycles. The maximum Gasteiger partial charge on any atom is 0.327 e. The van der Waals surface area contributed by atoms with Crippen molar-refractivity contribution in [3.8, 4) is 0 Å². The van der Waals surface area contributed by atoms with Crippen molar-refractivity contribution < 1.29 is 4.79 Å². The predicted molar refractivity (Wildman–Crippen MR) is 115 cm³/mol. The summed E-state index contributed by atoms with van der Waals surface area (Å²) in [5.74, 6) is 0.662. The van der Waals surface area contributed by atoms with Gasteiger partial charge in [-0.3, -0.25) is 14.4 Å². The van der Waals surface area contributed by atoms with Crippen molar-refractivity contribution in [2.75, 3.05) is 41.3 Å². The number of fused-ring (bicyclic) bond motifs is 2. The number of nitrogens with zero attached hydrogens (tertiary/aromatic N) is 5. The van der Waals surface area contributed by atoms with Gasteiger partial charge >= 0.3 is 6.03 Å². The van der Waals surface area contributed by atoms with Crippen LogP contribution < -0.4 is 26.0 Å². The molecule has 0 aromatic carbocycles. The summed E-state index contributed by atoms with van der Waals surface area (Å²) in [6.45, 7) is 5.47. The number of aromatic nitrogens is 4. The molecular formula is C20H24N8O2. The van der Waals surface area contributed by atoms with Crippen LogP contribution in [0.5, 0.6) is 0 Å². The maximum atomic E-state index is 13.0. The SMILES string of the molecule is C[C@@H]1CN(c2ccnc3c2CCN3C(=O)Nc2cc3cn(C)nc3[nH]c2=O)CCN1. The average Bonchev–Trinajstić information content (AvgIpc) is 3.30. The molecule has 0 aliphatic carbocycles. The lowest BCUT2D eigenvalue weighted by Crippen LogP contribution is -2.49. The van der Waals surface area contributed by atoms with Crippen molar-refractivity contribution in [1.82, 2.24) is 25.1 Å². The van der Waals surface area contributed by atoms with Crippen LogP contribution in [0.2, 0.25) is 0 Å². The summed E-state index contributed by atoms with van der Waals surface area (Å²) in [5, 5.41) is 11.1. The Morgan fingerprint density at radius 1 is 1.33 bits per heavy atom. The third-order valence-corrected chi connectivity index (χ3v) is 5.68. The zero-order valence-electron chi connectivity index (χ0n) is 17.0. The molecule has 0 unspecified atom stereocenters. The van der Waals surface area contributed by atoms with E-state index in [0.717, 1.165) is 42.7 Å². The second-order valence-corrected chi connectivity index (χ2v) is 7.88. The highest BCUT2D eigenvalue weighted by molar-refractivity contribution is 6.03. The Kier molecular flexibility index (Phi) is 4.43. The van der Waals surface area contributed by atoms with Crippen LogP contribution >= 0.6 is 0 Å². The van der Waals surface area contributed by atoms with Gasteiger partial charge in [-0.15, -0.1) is 0 Å². The fraction of sp³-hybridized carbons (Fsp3) is 0.400. The molecule has 156 valence electrons. The number of carbonyl (C=O) groups excluding carboxylic acids is 1. The van der Waals surface area contributed by atoms with E-state index in [2.05, 4.69) is 37.5 Å². The van der Waals surface area contributed by atoms with E-state index in [4.69, 9.17) is 0 Å². The molecule has 2 aliphatic heterocycles. The lowest BCUT2D eigenvalue weighted by atomic mass is 10.1. The quantitative estimate of drug-likeness (QED) is 0.585. The Morgan fingerprint density at radius 3 is 3.03 bits per heavy atom. The number of hydrogen-bond acceptors (Lipinski definition) is 6. The van der Waals surface area contributed by atoms with Crippen LogP contribution in [0, 0.1) is 0 Å². The molecule has 1 fully saturated rings. The number of piperazine rings is 1. The van der Waals surface area contributed by atoms with Crippen LogP contribution in [0.15, 0.2) is 29.3 Å². The first-order chi connectivity index (χ1) is 14.5. The zero-order chi connectivity index (χ0) is 20.8. The third-order valence-electron chi connectivity index (χ3n) is 5.68. The van der Waals surface area contributed by atoms with Crippen LogP contribution in [0.4, 0.5) is 22.0 Å². The summed E-state index contributed by atoms with van der Waals surface area (Å²) < 4.78 is 1.62. The number of carbonyl (C=O) groups is 1. The van der Waals surface area contributed by atoms with Gasteiger partial charge < -0.3 is 20.5 Å². The van der Waals surface area contributed by atoms with E-state index >= 15 is 0 Å². The van der Waals surface area contributed by atoms with Gasteiger partial charge in [0.2, 0.25) is 0 Å². The first-order valence-corrected chi connectivity index (χ1v) is 10.1. The number of aryl methyl sites for hydroxylation is 1. The summed E-state index contributed by atoms with van der Waals surface area (Å²) in [4.78, 5) is 36.5. The largest absolute Gasteiger partial charge is 0.368 e. The molecule has 5 rings (SSSR count). The van der Waals surface area contributed by atoms with Crippen molar-refractivity contribution in [2.45, 2.75) is 19.4 Å². The number of rotatable bonds is 2. The molecule has 10 heteroatoms. The Morgan fingerprint density at radius 2 is 2.20 bits per heavy atom. The molecule has 30 heavy (non-hydrogen) atoms. The molecule has 3 N–H and O–H groups in total. The van der Waals surface area contributed by atoms with Gasteiger partial charge in [-0.1, -0.05) is 0 Å². The highest BCUT2D eigenvalue weighted by atomic mass is 16.2. The summed E-state index contributed by atoms with van der Waals surface area (Å²) in [6.07, 6.45) is 4.28. The van der Waals surface area contributed by atoms with E-state index in [1.807, 2.05) is 6.07 Å². The van der Waals surface area contributed by atoms with Gasteiger partial charge in [0.15, 0.2) is 5.65 Å². The molecule has 0 bridgehead atoms. The average molecular weight is 408 g/mol. The van der Waals surface area contributed by atoms with Crippen molar-refractivity contribution in [1.29, 1.82) is 0 Å². The van der Waals surface area contributed by atoms with Gasteiger partial charge in [0.25, 0.3) is 5.56 Å². The van der Waals surface area contributed by atoms with Crippen molar-refractivity contribution in [3.05, 3.63) is 40.4 Å². The lowest BCUT2D eigenvalue weighted by molar-refractivity contribution is 0.257. The second kappa shape index (κ2) is 7.13. The molecule has 10 nitrogen and oxygen atoms in total. The molecule has 3 aromatic heterocycles. The summed E-state index contributed by atoms with van der Waals surface area (Å²) in [6, 6.07) is 3.72. The van der Waals surface area contributed by atoms with E-state index in [1.165, 1.54) is 0 Å². The van der Waals surface area contributed by atoms with Crippen LogP contribution in [0.25, 0.3) is 11.0 Å². The van der Waals surface area contributed by atoms with Crippen LogP contribution in [-0.2, 0) is 13.5 Å². The third kappa shape index (κ3) is 3.18. The predicted octanol–water partition coefficient (Wildman–Crippen LogP) is 1.05. The number of anilines is 3. The van der Waals surface area contributed by atoms with E-state index < -0.39 is 0 Å². The number of nitrogens with one attached hydrogen (secondary N) is 3. The van der Waals surface area contributed by atoms with Crippen LogP contribution in [-0.4, -0.2) is 58.0 Å². The van der Waals surface area contributed by atoms with E-state index in [1.54, 1.807) is 35.1 Å². The summed E-state index contributed by atoms with van der Waals surface area (Å²) in [5.41, 5.74) is 2.52. The zero-order valence-corrected chi connectivity index (χ0v) is 17.0. The van der Waals surface area contributed by atoms with Gasteiger partial charge in [-0.2, -0.15) is 5.10 Å². The van der Waals surface area contributed by atoms with Gasteiger partial charge in [0.1, 0.15) is 11.5 Å². The van der Waals surface area contributed by atoms with E-state index in [-0.39, 0.29) is 17.3 Å². The Bertz CT molecular complexity index is 1180. The number of hydrogen-bond donors (Lipinski definition) is 3. The van der Waals surface area contributed by atoms with E-state index in [9.17, 15) is 9.59 Å². The minimum Gasteiger partial charge on any atom is -0.368 e. The second-order valence-electron chi connectivity index (χ2n) is 7.88. The number of amides is 2. The first-order valence-electron chi connectivity index (χ1n) is 10.1. The molecule has 0 spiro atoms. The van der Waals surface area contributed by atoms with Crippen molar-refractivity contribution in [3.63, 3.8) is 0 Å². The number of urea groups is 1. The monoisotopic (exact) mass is 408 g/mol. The first kappa shape index (κ1) is 18.6. The van der Waals surface area contributed by atoms with Crippen LogP contribution in [0.3, 0.4) is 0 Å². The van der Waals surface area contributed by atoms with Crippen LogP contribution in [0.1, 0.15) is 12.5 Å². The fourth-order valence-corrected chi connectivity index (χ4v) is 4.30. The number of H-pyrrole nitrogens is 1.